The van der Waals surface area contributed by atoms with Crippen molar-refractivity contribution < 1.29 is 28.8 Å². The molecule has 0 aromatic rings. The summed E-state index contributed by atoms with van der Waals surface area (Å²) in [5, 5.41) is 0. The fraction of sp³-hybridized carbons (Fsp3) is 0.778. The van der Waals surface area contributed by atoms with Gasteiger partial charge in [0.1, 0.15) is 6.54 Å². The highest BCUT2D eigenvalue weighted by atomic mass is 17.3. The largest absolute Gasteiger partial charge is 0.330 e. The van der Waals surface area contributed by atoms with Gasteiger partial charge in [0.05, 0.1) is 6.10 Å². The van der Waals surface area contributed by atoms with Crippen LogP contribution in [-0.2, 0) is 28.8 Å². The molecular formula is C18H29NO6. The van der Waals surface area contributed by atoms with Crippen molar-refractivity contribution in [1.29, 1.82) is 0 Å². The molecule has 0 saturated heterocycles. The smallest absolute Gasteiger partial charge is 0.328 e. The predicted molar refractivity (Wildman–Crippen MR) is 89.9 cm³/mol. The molecule has 7 heteroatoms. The maximum absolute atomic E-state index is 11.8. The van der Waals surface area contributed by atoms with Crippen LogP contribution in [-0.4, -0.2) is 49.6 Å². The quantitative estimate of drug-likeness (QED) is 0.288. The summed E-state index contributed by atoms with van der Waals surface area (Å²) in [7, 11) is 2.77. The molecule has 3 unspecified atom stereocenters. The van der Waals surface area contributed by atoms with Gasteiger partial charge < -0.3 is 9.47 Å². The second-order valence-electron chi connectivity index (χ2n) is 7.23. The summed E-state index contributed by atoms with van der Waals surface area (Å²) in [5.74, 6) is -1.13. The van der Waals surface area contributed by atoms with Crippen LogP contribution in [0.25, 0.3) is 0 Å². The molecule has 142 valence electrons. The molecule has 1 aliphatic heterocycles. The molecule has 0 aromatic carbocycles. The molecule has 2 rings (SSSR count). The molecule has 2 aliphatic rings. The standard InChI is InChI=1S/C18H29NO6/c1-12(2)14-7-6-13(3)10-15(14)24-25-18(22-4,23-5)11-19-16(20)8-9-17(19)21/h8-9,12-15H,6-7,10-11H2,1-5H3. The number of methoxy groups -OCH3 is 2. The Morgan fingerprint density at radius 2 is 1.76 bits per heavy atom. The van der Waals surface area contributed by atoms with E-state index in [1.807, 2.05) is 0 Å². The maximum Gasteiger partial charge on any atom is 0.330 e. The van der Waals surface area contributed by atoms with Crippen LogP contribution in [0.5, 0.6) is 0 Å². The average molecular weight is 355 g/mol. The third-order valence-electron chi connectivity index (χ3n) is 5.13. The van der Waals surface area contributed by atoms with E-state index >= 15 is 0 Å². The third-order valence-corrected chi connectivity index (χ3v) is 5.13. The number of nitrogens with zero attached hydrogens (tertiary/aromatic N) is 1. The lowest BCUT2D eigenvalue weighted by molar-refractivity contribution is -0.513. The molecule has 3 atom stereocenters. The van der Waals surface area contributed by atoms with Gasteiger partial charge in [0.15, 0.2) is 0 Å². The van der Waals surface area contributed by atoms with E-state index in [4.69, 9.17) is 19.2 Å². The van der Waals surface area contributed by atoms with E-state index < -0.39 is 17.8 Å². The molecule has 1 aliphatic carbocycles. The highest BCUT2D eigenvalue weighted by Gasteiger charge is 2.42. The summed E-state index contributed by atoms with van der Waals surface area (Å²) >= 11 is 0. The van der Waals surface area contributed by atoms with Crippen LogP contribution in [0.2, 0.25) is 0 Å². The SMILES string of the molecule is COC(CN1C(=O)C=CC1=O)(OC)OOC1CC(C)CCC1C(C)C. The van der Waals surface area contributed by atoms with Crippen molar-refractivity contribution in [1.82, 2.24) is 4.90 Å². The molecule has 1 fully saturated rings. The van der Waals surface area contributed by atoms with Gasteiger partial charge in [-0.15, -0.1) is 0 Å². The van der Waals surface area contributed by atoms with E-state index in [0.29, 0.717) is 17.8 Å². The van der Waals surface area contributed by atoms with Gasteiger partial charge in [0.2, 0.25) is 0 Å². The maximum atomic E-state index is 11.8. The normalized spacial score (nSPS) is 27.6. The van der Waals surface area contributed by atoms with Crippen LogP contribution in [0.1, 0.15) is 40.0 Å². The molecule has 25 heavy (non-hydrogen) atoms. The summed E-state index contributed by atoms with van der Waals surface area (Å²) in [6.07, 6.45) is 5.46. The van der Waals surface area contributed by atoms with E-state index in [9.17, 15) is 9.59 Å². The number of amides is 2. The van der Waals surface area contributed by atoms with Crippen molar-refractivity contribution >= 4 is 11.8 Å². The first-order chi connectivity index (χ1) is 11.8. The molecule has 1 heterocycles. The van der Waals surface area contributed by atoms with Gasteiger partial charge in [-0.25, -0.2) is 4.89 Å². The molecule has 7 nitrogen and oxygen atoms in total. The first kappa shape index (κ1) is 20.0. The summed E-state index contributed by atoms with van der Waals surface area (Å²) in [4.78, 5) is 35.9. The van der Waals surface area contributed by atoms with Crippen molar-refractivity contribution in [3.05, 3.63) is 12.2 Å². The van der Waals surface area contributed by atoms with Gasteiger partial charge in [-0.2, -0.15) is 4.89 Å². The zero-order chi connectivity index (χ0) is 18.6. The van der Waals surface area contributed by atoms with Crippen molar-refractivity contribution in [2.45, 2.75) is 52.1 Å². The van der Waals surface area contributed by atoms with Crippen LogP contribution < -0.4 is 0 Å². The summed E-state index contributed by atoms with van der Waals surface area (Å²) in [6, 6.07) is 0. The lowest BCUT2D eigenvalue weighted by Gasteiger charge is -2.38. The number of ether oxygens (including phenoxy) is 2. The zero-order valence-electron chi connectivity index (χ0n) is 15.7. The molecule has 0 radical (unpaired) electrons. The minimum atomic E-state index is -1.65. The Labute approximate surface area is 149 Å². The van der Waals surface area contributed by atoms with E-state index in [-0.39, 0.29) is 12.6 Å². The van der Waals surface area contributed by atoms with Crippen LogP contribution >= 0.6 is 0 Å². The monoisotopic (exact) mass is 355 g/mol. The predicted octanol–water partition coefficient (Wildman–Crippen LogP) is 2.27. The average Bonchev–Trinajstić information content (AvgIpc) is 2.90. The highest BCUT2D eigenvalue weighted by molar-refractivity contribution is 6.12. The summed E-state index contributed by atoms with van der Waals surface area (Å²) in [5.41, 5.74) is 0. The number of carbonyl (C=O) groups is 2. The van der Waals surface area contributed by atoms with E-state index in [2.05, 4.69) is 20.8 Å². The summed E-state index contributed by atoms with van der Waals surface area (Å²) < 4.78 is 10.6. The van der Waals surface area contributed by atoms with Gasteiger partial charge in [-0.1, -0.05) is 27.2 Å². The Morgan fingerprint density at radius 3 is 2.28 bits per heavy atom. The van der Waals surface area contributed by atoms with Crippen molar-refractivity contribution in [2.24, 2.45) is 17.8 Å². The number of rotatable bonds is 8. The lowest BCUT2D eigenvalue weighted by Crippen LogP contribution is -2.51. The Kier molecular flexibility index (Phi) is 6.73. The molecule has 2 amide bonds. The second-order valence-corrected chi connectivity index (χ2v) is 7.23. The number of carbonyl (C=O) groups excluding carboxylic acids is 2. The van der Waals surface area contributed by atoms with Gasteiger partial charge in [0.25, 0.3) is 11.8 Å². The minimum absolute atomic E-state index is 0.0865. The number of hydrogen-bond donors (Lipinski definition) is 0. The van der Waals surface area contributed by atoms with Gasteiger partial charge in [-0.3, -0.25) is 14.5 Å². The Morgan fingerprint density at radius 1 is 1.16 bits per heavy atom. The molecule has 1 saturated carbocycles. The highest BCUT2D eigenvalue weighted by Crippen LogP contribution is 2.36. The molecule has 0 N–H and O–H groups in total. The fourth-order valence-electron chi connectivity index (χ4n) is 3.45. The first-order valence-corrected chi connectivity index (χ1v) is 8.80. The van der Waals surface area contributed by atoms with E-state index in [1.54, 1.807) is 0 Å². The fourth-order valence-corrected chi connectivity index (χ4v) is 3.45. The molecular weight excluding hydrogens is 326 g/mol. The van der Waals surface area contributed by atoms with Gasteiger partial charge >= 0.3 is 5.97 Å². The Hall–Kier alpha value is -1.28. The van der Waals surface area contributed by atoms with Crippen LogP contribution in [0, 0.1) is 17.8 Å². The number of hydrogen-bond acceptors (Lipinski definition) is 6. The van der Waals surface area contributed by atoms with Crippen LogP contribution in [0.15, 0.2) is 12.2 Å². The Bertz CT molecular complexity index is 496. The third kappa shape index (κ3) is 4.67. The molecule has 0 aromatic heterocycles. The second kappa shape index (κ2) is 8.40. The first-order valence-electron chi connectivity index (χ1n) is 8.80. The minimum Gasteiger partial charge on any atom is -0.328 e. The molecule has 0 bridgehead atoms. The van der Waals surface area contributed by atoms with E-state index in [1.165, 1.54) is 32.8 Å². The molecule has 0 spiro atoms. The van der Waals surface area contributed by atoms with E-state index in [0.717, 1.165) is 17.7 Å². The van der Waals surface area contributed by atoms with Crippen LogP contribution in [0.3, 0.4) is 0 Å². The number of imide groups is 1. The van der Waals surface area contributed by atoms with Crippen molar-refractivity contribution in [3.63, 3.8) is 0 Å². The van der Waals surface area contributed by atoms with Crippen molar-refractivity contribution in [2.75, 3.05) is 20.8 Å². The van der Waals surface area contributed by atoms with Crippen LogP contribution in [0.4, 0.5) is 0 Å². The van der Waals surface area contributed by atoms with Gasteiger partial charge in [0, 0.05) is 26.4 Å². The van der Waals surface area contributed by atoms with Gasteiger partial charge in [-0.05, 0) is 30.6 Å². The van der Waals surface area contributed by atoms with Crippen molar-refractivity contribution in [3.8, 4) is 0 Å². The lowest BCUT2D eigenvalue weighted by atomic mass is 9.75. The topological polar surface area (TPSA) is 74.3 Å². The Balaban J connectivity index is 2.04. The summed E-state index contributed by atoms with van der Waals surface area (Å²) in [6.45, 7) is 6.33. The zero-order valence-corrected chi connectivity index (χ0v) is 15.7.